The van der Waals surface area contributed by atoms with Crippen LogP contribution >= 0.6 is 0 Å². The van der Waals surface area contributed by atoms with Crippen LogP contribution in [-0.2, 0) is 16.8 Å². The van der Waals surface area contributed by atoms with Crippen LogP contribution in [0.4, 0.5) is 4.79 Å². The molecule has 1 heterocycles. The Morgan fingerprint density at radius 2 is 1.77 bits per heavy atom. The summed E-state index contributed by atoms with van der Waals surface area (Å²) in [5.74, 6) is -0.130. The quantitative estimate of drug-likeness (QED) is 0.858. The Morgan fingerprint density at radius 3 is 2.62 bits per heavy atom. The fraction of sp³-hybridized carbons (Fsp3) is 0.273. The van der Waals surface area contributed by atoms with Crippen LogP contribution in [0.1, 0.15) is 36.0 Å². The molecule has 1 spiro atoms. The van der Waals surface area contributed by atoms with Crippen molar-refractivity contribution < 1.29 is 9.59 Å². The summed E-state index contributed by atoms with van der Waals surface area (Å²) in [7, 11) is 0. The van der Waals surface area contributed by atoms with Crippen LogP contribution in [0.25, 0.3) is 6.08 Å². The molecule has 2 aliphatic rings. The second-order valence-corrected chi connectivity index (χ2v) is 6.93. The number of fused-ring (bicyclic) bond motifs is 2. The molecule has 0 bridgehead atoms. The van der Waals surface area contributed by atoms with Crippen molar-refractivity contribution in [3.63, 3.8) is 0 Å². The lowest BCUT2D eigenvalue weighted by Gasteiger charge is -2.27. The van der Waals surface area contributed by atoms with Gasteiger partial charge >= 0.3 is 6.03 Å². The Labute approximate surface area is 153 Å². The van der Waals surface area contributed by atoms with Gasteiger partial charge in [-0.1, -0.05) is 66.7 Å². The summed E-state index contributed by atoms with van der Waals surface area (Å²) in [5.41, 5.74) is 2.28. The minimum atomic E-state index is -0.898. The van der Waals surface area contributed by atoms with E-state index in [0.717, 1.165) is 30.4 Å². The fourth-order valence-corrected chi connectivity index (χ4v) is 4.00. The number of aryl methyl sites for hydroxylation is 1. The largest absolute Gasteiger partial charge is 0.325 e. The molecule has 1 fully saturated rings. The molecular formula is C22H22N2O2. The summed E-state index contributed by atoms with van der Waals surface area (Å²) in [5, 5.41) is 3.02. The number of carbonyl (C=O) groups is 2. The van der Waals surface area contributed by atoms with E-state index in [1.54, 1.807) is 0 Å². The highest BCUT2D eigenvalue weighted by Gasteiger charge is 2.52. The molecule has 2 aromatic carbocycles. The van der Waals surface area contributed by atoms with E-state index in [0.29, 0.717) is 6.42 Å². The first-order valence-corrected chi connectivity index (χ1v) is 9.15. The smallest absolute Gasteiger partial charge is 0.319 e. The van der Waals surface area contributed by atoms with Gasteiger partial charge in [-0.3, -0.25) is 9.69 Å². The molecular weight excluding hydrogens is 324 g/mol. The van der Waals surface area contributed by atoms with Gasteiger partial charge in [0.05, 0.1) is 0 Å². The van der Waals surface area contributed by atoms with Gasteiger partial charge in [0.2, 0.25) is 0 Å². The molecule has 1 aliphatic heterocycles. The van der Waals surface area contributed by atoms with Gasteiger partial charge in [0, 0.05) is 6.54 Å². The molecule has 0 radical (unpaired) electrons. The first-order valence-electron chi connectivity index (χ1n) is 9.15. The average Bonchev–Trinajstić information content (AvgIpc) is 2.81. The predicted octanol–water partition coefficient (Wildman–Crippen LogP) is 3.87. The van der Waals surface area contributed by atoms with E-state index in [4.69, 9.17) is 0 Å². The number of imide groups is 1. The highest BCUT2D eigenvalue weighted by Crippen LogP contribution is 2.38. The van der Waals surface area contributed by atoms with Crippen molar-refractivity contribution in [3.05, 3.63) is 77.4 Å². The predicted molar refractivity (Wildman–Crippen MR) is 101 cm³/mol. The number of benzene rings is 2. The van der Waals surface area contributed by atoms with Crippen LogP contribution in [0, 0.1) is 0 Å². The van der Waals surface area contributed by atoms with Crippen LogP contribution in [-0.4, -0.2) is 23.4 Å². The summed E-state index contributed by atoms with van der Waals surface area (Å²) in [6.07, 6.45) is 7.38. The van der Waals surface area contributed by atoms with Crippen LogP contribution < -0.4 is 5.32 Å². The fourth-order valence-electron chi connectivity index (χ4n) is 4.00. The topological polar surface area (TPSA) is 49.4 Å². The summed E-state index contributed by atoms with van der Waals surface area (Å²) in [6, 6.07) is 17.6. The molecule has 1 aliphatic carbocycles. The number of nitrogens with one attached hydrogen (secondary N) is 1. The highest BCUT2D eigenvalue weighted by molar-refractivity contribution is 6.07. The van der Waals surface area contributed by atoms with Crippen molar-refractivity contribution in [2.45, 2.75) is 31.2 Å². The van der Waals surface area contributed by atoms with Gasteiger partial charge in [0.15, 0.2) is 0 Å². The Hall–Kier alpha value is -2.88. The van der Waals surface area contributed by atoms with Crippen molar-refractivity contribution in [1.82, 2.24) is 10.2 Å². The summed E-state index contributed by atoms with van der Waals surface area (Å²) >= 11 is 0. The second kappa shape index (κ2) is 6.79. The third-order valence-electron chi connectivity index (χ3n) is 5.30. The third kappa shape index (κ3) is 2.81. The molecule has 4 rings (SSSR count). The molecule has 1 saturated heterocycles. The maximum atomic E-state index is 13.3. The maximum absolute atomic E-state index is 13.3. The van der Waals surface area contributed by atoms with Crippen LogP contribution in [0.3, 0.4) is 0 Å². The van der Waals surface area contributed by atoms with Gasteiger partial charge in [-0.2, -0.15) is 0 Å². The Morgan fingerprint density at radius 1 is 1.00 bits per heavy atom. The number of hydrogen-bond acceptors (Lipinski definition) is 2. The molecule has 26 heavy (non-hydrogen) atoms. The van der Waals surface area contributed by atoms with Crippen LogP contribution in [0.5, 0.6) is 0 Å². The van der Waals surface area contributed by atoms with Gasteiger partial charge in [-0.05, 0) is 42.4 Å². The van der Waals surface area contributed by atoms with Gasteiger partial charge in [0.1, 0.15) is 5.54 Å². The molecule has 1 unspecified atom stereocenters. The van der Waals surface area contributed by atoms with E-state index >= 15 is 0 Å². The van der Waals surface area contributed by atoms with E-state index < -0.39 is 5.54 Å². The first kappa shape index (κ1) is 16.6. The number of urea groups is 1. The number of hydrogen-bond donors (Lipinski definition) is 1. The van der Waals surface area contributed by atoms with Crippen LogP contribution in [0.15, 0.2) is 60.7 Å². The van der Waals surface area contributed by atoms with Crippen molar-refractivity contribution >= 4 is 18.0 Å². The lowest BCUT2D eigenvalue weighted by molar-refractivity contribution is -0.131. The minimum absolute atomic E-state index is 0.130. The number of amides is 3. The van der Waals surface area contributed by atoms with E-state index in [1.807, 2.05) is 60.7 Å². The zero-order valence-electron chi connectivity index (χ0n) is 14.7. The Bertz CT molecular complexity index is 859. The van der Waals surface area contributed by atoms with Crippen molar-refractivity contribution in [2.75, 3.05) is 6.54 Å². The van der Waals surface area contributed by atoms with Crippen LogP contribution in [0.2, 0.25) is 0 Å². The van der Waals surface area contributed by atoms with Gasteiger partial charge in [-0.25, -0.2) is 4.79 Å². The zero-order valence-corrected chi connectivity index (χ0v) is 14.7. The third-order valence-corrected chi connectivity index (χ3v) is 5.30. The van der Waals surface area contributed by atoms with E-state index in [2.05, 4.69) is 11.4 Å². The summed E-state index contributed by atoms with van der Waals surface area (Å²) < 4.78 is 0. The molecule has 0 saturated carbocycles. The van der Waals surface area contributed by atoms with E-state index in [9.17, 15) is 9.59 Å². The number of rotatable bonds is 3. The molecule has 2 aromatic rings. The van der Waals surface area contributed by atoms with E-state index in [-0.39, 0.29) is 18.5 Å². The normalized spacial score (nSPS) is 22.5. The molecule has 1 atom stereocenters. The van der Waals surface area contributed by atoms with Crippen molar-refractivity contribution in [3.8, 4) is 0 Å². The Balaban J connectivity index is 1.60. The highest BCUT2D eigenvalue weighted by atomic mass is 16.2. The van der Waals surface area contributed by atoms with E-state index in [1.165, 1.54) is 10.5 Å². The van der Waals surface area contributed by atoms with Gasteiger partial charge < -0.3 is 5.32 Å². The maximum Gasteiger partial charge on any atom is 0.325 e. The summed E-state index contributed by atoms with van der Waals surface area (Å²) in [6.45, 7) is 0.281. The molecule has 4 heteroatoms. The number of carbonyl (C=O) groups excluding carboxylic acids is 2. The molecule has 1 N–H and O–H groups in total. The molecule has 0 aromatic heterocycles. The second-order valence-electron chi connectivity index (χ2n) is 6.93. The van der Waals surface area contributed by atoms with Crippen molar-refractivity contribution in [1.29, 1.82) is 0 Å². The molecule has 132 valence electrons. The lowest BCUT2D eigenvalue weighted by atomic mass is 9.84. The average molecular weight is 346 g/mol. The Kier molecular flexibility index (Phi) is 4.33. The molecule has 4 nitrogen and oxygen atoms in total. The standard InChI is InChI=1S/C22H22N2O2/c25-20-22(15-7-6-13-18-12-4-5-14-19(18)22)23-21(26)24(20)16-8-11-17-9-2-1-3-10-17/h1-5,8-12,14H,6-7,13,15-16H2,(H,23,26)/b11-8+. The van der Waals surface area contributed by atoms with Gasteiger partial charge in [0.25, 0.3) is 5.91 Å². The lowest BCUT2D eigenvalue weighted by Crippen LogP contribution is -2.44. The first-order chi connectivity index (χ1) is 12.7. The van der Waals surface area contributed by atoms with Crippen molar-refractivity contribution in [2.24, 2.45) is 0 Å². The number of nitrogens with zero attached hydrogens (tertiary/aromatic N) is 1. The summed E-state index contributed by atoms with van der Waals surface area (Å²) in [4.78, 5) is 27.2. The zero-order chi connectivity index (χ0) is 18.0. The monoisotopic (exact) mass is 346 g/mol. The molecule has 3 amide bonds. The SMILES string of the molecule is O=C1NC2(CCCCc3ccccc32)C(=O)N1C/C=C/c1ccccc1. The minimum Gasteiger partial charge on any atom is -0.319 e. The van der Waals surface area contributed by atoms with Gasteiger partial charge in [-0.15, -0.1) is 0 Å².